The second kappa shape index (κ2) is 9.28. The van der Waals surface area contributed by atoms with E-state index in [1.807, 2.05) is 4.90 Å². The Balaban J connectivity index is 2.06. The molecule has 5 nitrogen and oxygen atoms in total. The van der Waals surface area contributed by atoms with Crippen molar-refractivity contribution in [2.24, 2.45) is 0 Å². The number of rotatable bonds is 10. The number of amides is 1. The molecule has 1 atom stereocenters. The molecule has 1 rings (SSSR count). The lowest BCUT2D eigenvalue weighted by Gasteiger charge is -2.18. The van der Waals surface area contributed by atoms with Gasteiger partial charge in [-0.3, -0.25) is 4.79 Å². The molecule has 0 aromatic heterocycles. The zero-order chi connectivity index (χ0) is 14.1. The van der Waals surface area contributed by atoms with Gasteiger partial charge in [0.25, 0.3) is 0 Å². The maximum atomic E-state index is 12.1. The maximum Gasteiger partial charge on any atom is 0.239 e. The van der Waals surface area contributed by atoms with E-state index in [1.165, 1.54) is 0 Å². The van der Waals surface area contributed by atoms with E-state index in [2.05, 4.69) is 19.2 Å². The number of nitrogens with one attached hydrogen (secondary N) is 1. The van der Waals surface area contributed by atoms with Crippen LogP contribution in [0.2, 0.25) is 0 Å². The van der Waals surface area contributed by atoms with Crippen molar-refractivity contribution < 1.29 is 14.3 Å². The Kier molecular flexibility index (Phi) is 8.02. The van der Waals surface area contributed by atoms with Crippen LogP contribution >= 0.6 is 0 Å². The molecule has 1 aliphatic rings. The summed E-state index contributed by atoms with van der Waals surface area (Å²) >= 11 is 0. The van der Waals surface area contributed by atoms with Crippen molar-refractivity contribution in [2.75, 3.05) is 40.0 Å². The number of hydrogen-bond acceptors (Lipinski definition) is 4. The molecule has 19 heavy (non-hydrogen) atoms. The number of carbonyl (C=O) groups excluding carboxylic acids is 1. The molecule has 0 radical (unpaired) electrons. The maximum absolute atomic E-state index is 12.1. The van der Waals surface area contributed by atoms with Gasteiger partial charge in [0.1, 0.15) is 0 Å². The van der Waals surface area contributed by atoms with Crippen LogP contribution in [-0.2, 0) is 14.3 Å². The van der Waals surface area contributed by atoms with E-state index in [9.17, 15) is 4.79 Å². The third-order valence-electron chi connectivity index (χ3n) is 3.23. The fourth-order valence-corrected chi connectivity index (χ4v) is 2.27. The summed E-state index contributed by atoms with van der Waals surface area (Å²) in [5.74, 6) is 0.258. The summed E-state index contributed by atoms with van der Waals surface area (Å²) in [6.07, 6.45) is 2.93. The molecule has 0 aromatic rings. The molecule has 1 aliphatic heterocycles. The van der Waals surface area contributed by atoms with Gasteiger partial charge in [-0.1, -0.05) is 13.8 Å². The molecule has 0 aliphatic carbocycles. The first-order valence-electron chi connectivity index (χ1n) is 7.26. The van der Waals surface area contributed by atoms with Crippen molar-refractivity contribution >= 4 is 5.91 Å². The van der Waals surface area contributed by atoms with Crippen LogP contribution in [0.3, 0.4) is 0 Å². The van der Waals surface area contributed by atoms with Crippen molar-refractivity contribution in [3.8, 4) is 0 Å². The fraction of sp³-hybridized carbons (Fsp3) is 0.929. The quantitative estimate of drug-likeness (QED) is 0.604. The Morgan fingerprint density at radius 3 is 2.79 bits per heavy atom. The van der Waals surface area contributed by atoms with Crippen LogP contribution in [0, 0.1) is 0 Å². The van der Waals surface area contributed by atoms with Gasteiger partial charge in [0.2, 0.25) is 5.91 Å². The van der Waals surface area contributed by atoms with E-state index in [0.717, 1.165) is 39.0 Å². The lowest BCUT2D eigenvalue weighted by Crippen LogP contribution is -2.41. The molecular formula is C14H28N2O3. The van der Waals surface area contributed by atoms with Gasteiger partial charge in [0, 0.05) is 32.8 Å². The van der Waals surface area contributed by atoms with E-state index < -0.39 is 0 Å². The highest BCUT2D eigenvalue weighted by Crippen LogP contribution is 2.12. The lowest BCUT2D eigenvalue weighted by atomic mass is 10.2. The van der Waals surface area contributed by atoms with E-state index in [4.69, 9.17) is 9.47 Å². The van der Waals surface area contributed by atoms with Gasteiger partial charge in [-0.15, -0.1) is 0 Å². The third kappa shape index (κ3) is 6.36. The summed E-state index contributed by atoms with van der Waals surface area (Å²) in [5.41, 5.74) is 0. The van der Waals surface area contributed by atoms with Crippen molar-refractivity contribution in [1.82, 2.24) is 10.2 Å². The second-order valence-electron chi connectivity index (χ2n) is 5.30. The molecule has 112 valence electrons. The molecule has 1 amide bonds. The first kappa shape index (κ1) is 16.4. The van der Waals surface area contributed by atoms with Crippen molar-refractivity contribution in [3.63, 3.8) is 0 Å². The van der Waals surface area contributed by atoms with E-state index in [-0.39, 0.29) is 11.9 Å². The Morgan fingerprint density at radius 2 is 2.11 bits per heavy atom. The molecule has 1 heterocycles. The smallest absolute Gasteiger partial charge is 0.239 e. The number of hydrogen-bond donors (Lipinski definition) is 1. The molecule has 0 saturated carbocycles. The Hall–Kier alpha value is -0.650. The molecule has 0 bridgehead atoms. The zero-order valence-electron chi connectivity index (χ0n) is 12.5. The summed E-state index contributed by atoms with van der Waals surface area (Å²) in [6, 6.07) is 0.390. The average molecular weight is 272 g/mol. The normalized spacial score (nSPS) is 19.7. The number of carbonyl (C=O) groups is 1. The number of nitrogens with zero attached hydrogens (tertiary/aromatic N) is 1. The zero-order valence-corrected chi connectivity index (χ0v) is 12.5. The fourth-order valence-electron chi connectivity index (χ4n) is 2.27. The number of unbranched alkanes of at least 4 members (excludes halogenated alkanes) is 1. The van der Waals surface area contributed by atoms with Gasteiger partial charge in [-0.2, -0.15) is 0 Å². The highest BCUT2D eigenvalue weighted by atomic mass is 16.5. The van der Waals surface area contributed by atoms with Gasteiger partial charge in [0.05, 0.1) is 19.3 Å². The van der Waals surface area contributed by atoms with Gasteiger partial charge >= 0.3 is 0 Å². The molecule has 1 saturated heterocycles. The van der Waals surface area contributed by atoms with Crippen LogP contribution in [-0.4, -0.2) is 62.9 Å². The van der Waals surface area contributed by atoms with Crippen LogP contribution in [0.4, 0.5) is 0 Å². The van der Waals surface area contributed by atoms with Gasteiger partial charge in [0.15, 0.2) is 0 Å². The predicted molar refractivity (Wildman–Crippen MR) is 75.2 cm³/mol. The molecule has 5 heteroatoms. The highest BCUT2D eigenvalue weighted by molar-refractivity contribution is 5.83. The number of methoxy groups -OCH3 is 1. The van der Waals surface area contributed by atoms with Crippen molar-refractivity contribution in [3.05, 3.63) is 0 Å². The minimum absolute atomic E-state index is 0.0259. The Labute approximate surface area is 116 Å². The summed E-state index contributed by atoms with van der Waals surface area (Å²) < 4.78 is 10.3. The van der Waals surface area contributed by atoms with Crippen LogP contribution in [0.5, 0.6) is 0 Å². The first-order chi connectivity index (χ1) is 9.15. The summed E-state index contributed by atoms with van der Waals surface area (Å²) in [7, 11) is 1.67. The first-order valence-corrected chi connectivity index (χ1v) is 7.26. The highest BCUT2D eigenvalue weighted by Gasteiger charge is 2.30. The molecular weight excluding hydrogens is 244 g/mol. The van der Waals surface area contributed by atoms with E-state index in [0.29, 0.717) is 19.3 Å². The standard InChI is InChI=1S/C14H28N2O3/c1-12(2)15-13-6-8-16(14(13)17)7-4-5-9-19-11-10-18-3/h12-13,15H,4-11H2,1-3H3. The number of likely N-dealkylation sites (tertiary alicyclic amines) is 1. The minimum atomic E-state index is 0.0259. The molecule has 0 spiro atoms. The average Bonchev–Trinajstić information content (AvgIpc) is 2.70. The second-order valence-corrected chi connectivity index (χ2v) is 5.30. The molecule has 0 aromatic carbocycles. The van der Waals surface area contributed by atoms with E-state index in [1.54, 1.807) is 7.11 Å². The van der Waals surface area contributed by atoms with Crippen molar-refractivity contribution in [2.45, 2.75) is 45.2 Å². The minimum Gasteiger partial charge on any atom is -0.382 e. The molecule has 1 N–H and O–H groups in total. The molecule has 1 unspecified atom stereocenters. The van der Waals surface area contributed by atoms with Crippen molar-refractivity contribution in [1.29, 1.82) is 0 Å². The monoisotopic (exact) mass is 272 g/mol. The number of ether oxygens (including phenoxy) is 2. The lowest BCUT2D eigenvalue weighted by molar-refractivity contribution is -0.129. The summed E-state index contributed by atoms with van der Waals surface area (Å²) in [4.78, 5) is 14.0. The third-order valence-corrected chi connectivity index (χ3v) is 3.23. The Bertz CT molecular complexity index is 259. The SMILES string of the molecule is COCCOCCCCN1CCC(NC(C)C)C1=O. The van der Waals surface area contributed by atoms with Crippen LogP contribution in [0.15, 0.2) is 0 Å². The van der Waals surface area contributed by atoms with Crippen LogP contribution in [0.1, 0.15) is 33.1 Å². The van der Waals surface area contributed by atoms with Gasteiger partial charge < -0.3 is 19.7 Å². The summed E-state index contributed by atoms with van der Waals surface area (Å²) in [6.45, 7) is 7.93. The van der Waals surface area contributed by atoms with Crippen LogP contribution < -0.4 is 5.32 Å². The Morgan fingerprint density at radius 1 is 1.32 bits per heavy atom. The topological polar surface area (TPSA) is 50.8 Å². The van der Waals surface area contributed by atoms with Gasteiger partial charge in [-0.05, 0) is 19.3 Å². The van der Waals surface area contributed by atoms with Gasteiger partial charge in [-0.25, -0.2) is 0 Å². The van der Waals surface area contributed by atoms with Crippen LogP contribution in [0.25, 0.3) is 0 Å². The molecule has 1 fully saturated rings. The largest absolute Gasteiger partial charge is 0.382 e. The van der Waals surface area contributed by atoms with E-state index >= 15 is 0 Å². The predicted octanol–water partition coefficient (Wildman–Crippen LogP) is 1.03. The summed E-state index contributed by atoms with van der Waals surface area (Å²) in [5, 5.41) is 3.32.